The Morgan fingerprint density at radius 3 is 3.06 bits per heavy atom. The van der Waals surface area contributed by atoms with Gasteiger partial charge in [-0.1, -0.05) is 19.4 Å². The first-order chi connectivity index (χ1) is 8.14. The van der Waals surface area contributed by atoms with Crippen LogP contribution in [0.1, 0.15) is 43.7 Å². The summed E-state index contributed by atoms with van der Waals surface area (Å²) in [5, 5.41) is 10.7. The van der Waals surface area contributed by atoms with Crippen LogP contribution in [0.25, 0.3) is 0 Å². The fourth-order valence-corrected chi connectivity index (χ4v) is 2.51. The van der Waals surface area contributed by atoms with Crippen molar-refractivity contribution in [3.05, 3.63) is 29.6 Å². The molecule has 0 aromatic carbocycles. The average Bonchev–Trinajstić information content (AvgIpc) is 2.30. The molecule has 1 aliphatic rings. The van der Waals surface area contributed by atoms with E-state index in [2.05, 4.69) is 11.9 Å². The quantitative estimate of drug-likeness (QED) is 0.875. The number of ether oxygens (including phenoxy) is 1. The molecule has 2 unspecified atom stereocenters. The lowest BCUT2D eigenvalue weighted by atomic mass is 9.83. The van der Waals surface area contributed by atoms with Crippen LogP contribution in [0.4, 0.5) is 0 Å². The van der Waals surface area contributed by atoms with Gasteiger partial charge in [-0.3, -0.25) is 4.98 Å². The van der Waals surface area contributed by atoms with Crippen molar-refractivity contribution in [2.45, 2.75) is 51.2 Å². The summed E-state index contributed by atoms with van der Waals surface area (Å²) in [6.45, 7) is 4.78. The Bertz CT molecular complexity index is 378. The summed E-state index contributed by atoms with van der Waals surface area (Å²) in [7, 11) is 0. The molecular formula is C14H21NO2. The topological polar surface area (TPSA) is 42.4 Å². The Labute approximate surface area is 103 Å². The van der Waals surface area contributed by atoms with E-state index >= 15 is 0 Å². The molecule has 0 saturated carbocycles. The van der Waals surface area contributed by atoms with E-state index < -0.39 is 5.60 Å². The number of pyridine rings is 1. The van der Waals surface area contributed by atoms with E-state index in [0.29, 0.717) is 19.4 Å². The number of rotatable bonds is 3. The van der Waals surface area contributed by atoms with Gasteiger partial charge in [0.05, 0.1) is 18.3 Å². The van der Waals surface area contributed by atoms with Gasteiger partial charge in [-0.25, -0.2) is 0 Å². The van der Waals surface area contributed by atoms with Crippen molar-refractivity contribution in [1.82, 2.24) is 4.98 Å². The van der Waals surface area contributed by atoms with Gasteiger partial charge in [-0.15, -0.1) is 0 Å². The third kappa shape index (κ3) is 2.85. The van der Waals surface area contributed by atoms with Crippen molar-refractivity contribution in [1.29, 1.82) is 0 Å². The fourth-order valence-electron chi connectivity index (χ4n) is 2.51. The Morgan fingerprint density at radius 1 is 1.53 bits per heavy atom. The number of hydrogen-bond acceptors (Lipinski definition) is 3. The minimum atomic E-state index is -0.753. The largest absolute Gasteiger partial charge is 0.385 e. The first-order valence-electron chi connectivity index (χ1n) is 6.40. The number of aryl methyl sites for hydroxylation is 1. The van der Waals surface area contributed by atoms with Crippen LogP contribution >= 0.6 is 0 Å². The van der Waals surface area contributed by atoms with Crippen LogP contribution in [-0.4, -0.2) is 22.8 Å². The van der Waals surface area contributed by atoms with Gasteiger partial charge in [0.15, 0.2) is 0 Å². The van der Waals surface area contributed by atoms with Gasteiger partial charge in [0.25, 0.3) is 0 Å². The van der Waals surface area contributed by atoms with Gasteiger partial charge < -0.3 is 9.84 Å². The van der Waals surface area contributed by atoms with Crippen molar-refractivity contribution in [3.8, 4) is 0 Å². The molecule has 0 aliphatic carbocycles. The third-order valence-electron chi connectivity index (χ3n) is 3.46. The second-order valence-corrected chi connectivity index (χ2v) is 5.02. The van der Waals surface area contributed by atoms with Gasteiger partial charge >= 0.3 is 0 Å². The van der Waals surface area contributed by atoms with Gasteiger partial charge in [-0.2, -0.15) is 0 Å². The van der Waals surface area contributed by atoms with Gasteiger partial charge in [0, 0.05) is 30.8 Å². The third-order valence-corrected chi connectivity index (χ3v) is 3.46. The van der Waals surface area contributed by atoms with E-state index in [-0.39, 0.29) is 6.10 Å². The highest BCUT2D eigenvalue weighted by molar-refractivity contribution is 5.23. The zero-order chi connectivity index (χ0) is 12.3. The molecule has 0 spiro atoms. The Morgan fingerprint density at radius 2 is 2.35 bits per heavy atom. The number of hydrogen-bond donors (Lipinski definition) is 1. The summed E-state index contributed by atoms with van der Waals surface area (Å²) in [4.78, 5) is 4.17. The van der Waals surface area contributed by atoms with Gasteiger partial charge in [0.1, 0.15) is 0 Å². The number of nitrogens with zero attached hydrogens (tertiary/aromatic N) is 1. The number of aromatic nitrogens is 1. The molecule has 2 rings (SSSR count). The maximum Gasteiger partial charge on any atom is 0.0958 e. The van der Waals surface area contributed by atoms with Crippen LogP contribution in [0, 0.1) is 6.92 Å². The smallest absolute Gasteiger partial charge is 0.0958 e. The van der Waals surface area contributed by atoms with E-state index in [1.54, 1.807) is 6.20 Å². The van der Waals surface area contributed by atoms with Crippen molar-refractivity contribution in [3.63, 3.8) is 0 Å². The van der Waals surface area contributed by atoms with Gasteiger partial charge in [0.2, 0.25) is 0 Å². The summed E-state index contributed by atoms with van der Waals surface area (Å²) in [6, 6.07) is 2.03. The second-order valence-electron chi connectivity index (χ2n) is 5.02. The molecular weight excluding hydrogens is 214 g/mol. The van der Waals surface area contributed by atoms with E-state index in [0.717, 1.165) is 24.0 Å². The van der Waals surface area contributed by atoms with Crippen molar-refractivity contribution in [2.24, 2.45) is 0 Å². The molecule has 1 aromatic heterocycles. The van der Waals surface area contributed by atoms with Crippen LogP contribution in [-0.2, 0) is 10.3 Å². The molecule has 2 heterocycles. The molecule has 2 atom stereocenters. The van der Waals surface area contributed by atoms with Crippen molar-refractivity contribution < 1.29 is 9.84 Å². The highest BCUT2D eigenvalue weighted by Gasteiger charge is 2.36. The summed E-state index contributed by atoms with van der Waals surface area (Å²) >= 11 is 0. The highest BCUT2D eigenvalue weighted by Crippen LogP contribution is 2.35. The van der Waals surface area contributed by atoms with E-state index in [1.165, 1.54) is 0 Å². The SMILES string of the molecule is CCCC1CC(O)(c2cncc(C)c2)CCO1. The van der Waals surface area contributed by atoms with Crippen LogP contribution in [0.2, 0.25) is 0 Å². The predicted octanol–water partition coefficient (Wildman–Crippen LogP) is 2.56. The molecule has 1 aliphatic heterocycles. The van der Waals surface area contributed by atoms with Crippen molar-refractivity contribution in [2.75, 3.05) is 6.61 Å². The van der Waals surface area contributed by atoms with Crippen LogP contribution in [0.5, 0.6) is 0 Å². The molecule has 3 heteroatoms. The van der Waals surface area contributed by atoms with Crippen LogP contribution < -0.4 is 0 Å². The second kappa shape index (κ2) is 5.15. The van der Waals surface area contributed by atoms with Gasteiger partial charge in [-0.05, 0) is 18.9 Å². The Hall–Kier alpha value is -0.930. The van der Waals surface area contributed by atoms with E-state index in [1.807, 2.05) is 19.2 Å². The molecule has 1 N–H and O–H groups in total. The zero-order valence-electron chi connectivity index (χ0n) is 10.6. The minimum Gasteiger partial charge on any atom is -0.385 e. The maximum atomic E-state index is 10.7. The van der Waals surface area contributed by atoms with Crippen LogP contribution in [0.3, 0.4) is 0 Å². The molecule has 0 amide bonds. The van der Waals surface area contributed by atoms with E-state index in [4.69, 9.17) is 4.74 Å². The minimum absolute atomic E-state index is 0.180. The first-order valence-corrected chi connectivity index (χ1v) is 6.40. The van der Waals surface area contributed by atoms with E-state index in [9.17, 15) is 5.11 Å². The summed E-state index contributed by atoms with van der Waals surface area (Å²) in [5.41, 5.74) is 1.27. The molecule has 3 nitrogen and oxygen atoms in total. The molecule has 94 valence electrons. The van der Waals surface area contributed by atoms with Crippen molar-refractivity contribution >= 4 is 0 Å². The lowest BCUT2D eigenvalue weighted by molar-refractivity contribution is -0.110. The highest BCUT2D eigenvalue weighted by atomic mass is 16.5. The molecule has 0 radical (unpaired) electrons. The Kier molecular flexibility index (Phi) is 3.79. The Balaban J connectivity index is 2.17. The normalized spacial score (nSPS) is 29.2. The summed E-state index contributed by atoms with van der Waals surface area (Å²) in [5.74, 6) is 0. The summed E-state index contributed by atoms with van der Waals surface area (Å²) < 4.78 is 5.69. The molecule has 1 aromatic rings. The molecule has 0 bridgehead atoms. The van der Waals surface area contributed by atoms with Crippen LogP contribution in [0.15, 0.2) is 18.5 Å². The standard InChI is InChI=1S/C14H21NO2/c1-3-4-13-8-14(16,5-6-17-13)12-7-11(2)9-15-10-12/h7,9-10,13,16H,3-6,8H2,1-2H3. The first kappa shape index (κ1) is 12.5. The molecule has 17 heavy (non-hydrogen) atoms. The molecule has 1 saturated heterocycles. The fraction of sp³-hybridized carbons (Fsp3) is 0.643. The summed E-state index contributed by atoms with van der Waals surface area (Å²) in [6.07, 6.45) is 7.23. The average molecular weight is 235 g/mol. The molecule has 1 fully saturated rings. The lowest BCUT2D eigenvalue weighted by Crippen LogP contribution is -2.38. The lowest BCUT2D eigenvalue weighted by Gasteiger charge is -2.37. The zero-order valence-corrected chi connectivity index (χ0v) is 10.6. The predicted molar refractivity (Wildman–Crippen MR) is 66.8 cm³/mol. The number of aliphatic hydroxyl groups is 1. The maximum absolute atomic E-state index is 10.7. The monoisotopic (exact) mass is 235 g/mol.